The first kappa shape index (κ1) is 20.1. The van der Waals surface area contributed by atoms with E-state index in [2.05, 4.69) is 97.1 Å². The molecule has 3 heteroatoms. The molecule has 4 aromatic carbocycles. The van der Waals surface area contributed by atoms with Crippen LogP contribution < -0.4 is 28.3 Å². The van der Waals surface area contributed by atoms with Crippen molar-refractivity contribution in [1.82, 2.24) is 0 Å². The third kappa shape index (κ3) is 3.97. The molecule has 140 valence electrons. The Morgan fingerprint density at radius 1 is 0.536 bits per heavy atom. The third-order valence-electron chi connectivity index (χ3n) is 4.92. The fraction of sp³-hybridized carbons (Fsp3) is 0.0400. The number of halogens is 1. The molecule has 0 bridgehead atoms. The van der Waals surface area contributed by atoms with E-state index in [1.54, 1.807) is 6.07 Å². The first-order valence-corrected chi connectivity index (χ1v) is 11.1. The van der Waals surface area contributed by atoms with Gasteiger partial charge in [-0.15, -0.1) is 0 Å². The lowest BCUT2D eigenvalue weighted by molar-refractivity contribution is -0.00000631. The summed E-state index contributed by atoms with van der Waals surface area (Å²) in [7, 11) is -1.91. The SMILES string of the molecule is Oc1cccc(C[P+](c2ccccc2)(c2ccccc2)c2ccccc2)c1.[Cl-]. The second-order valence-corrected chi connectivity index (χ2v) is 10.1. The van der Waals surface area contributed by atoms with Crippen LogP contribution in [0.2, 0.25) is 0 Å². The van der Waals surface area contributed by atoms with Crippen molar-refractivity contribution in [2.75, 3.05) is 0 Å². The molecule has 28 heavy (non-hydrogen) atoms. The highest BCUT2D eigenvalue weighted by atomic mass is 35.5. The average Bonchev–Trinajstić information content (AvgIpc) is 2.74. The van der Waals surface area contributed by atoms with Gasteiger partial charge in [0, 0.05) is 0 Å². The van der Waals surface area contributed by atoms with Crippen molar-refractivity contribution in [3.63, 3.8) is 0 Å². The molecular weight excluding hydrogens is 383 g/mol. The normalized spacial score (nSPS) is 10.9. The molecule has 0 saturated carbocycles. The minimum absolute atomic E-state index is 0. The monoisotopic (exact) mass is 404 g/mol. The number of aromatic hydroxyl groups is 1. The fourth-order valence-corrected chi connectivity index (χ4v) is 7.93. The van der Waals surface area contributed by atoms with Crippen LogP contribution in [0.1, 0.15) is 5.56 Å². The molecule has 1 nitrogen and oxygen atoms in total. The lowest BCUT2D eigenvalue weighted by Crippen LogP contribution is -3.00. The first-order chi connectivity index (χ1) is 13.3. The van der Waals surface area contributed by atoms with E-state index >= 15 is 0 Å². The predicted molar refractivity (Wildman–Crippen MR) is 117 cm³/mol. The first-order valence-electron chi connectivity index (χ1n) is 9.12. The summed E-state index contributed by atoms with van der Waals surface area (Å²) in [4.78, 5) is 0. The lowest BCUT2D eigenvalue weighted by Gasteiger charge is -2.27. The molecular formula is C25H22ClOP. The van der Waals surface area contributed by atoms with Gasteiger partial charge in [-0.3, -0.25) is 0 Å². The van der Waals surface area contributed by atoms with Crippen LogP contribution in [-0.4, -0.2) is 5.11 Å². The van der Waals surface area contributed by atoms with Crippen molar-refractivity contribution in [2.45, 2.75) is 6.16 Å². The van der Waals surface area contributed by atoms with Crippen LogP contribution in [0.3, 0.4) is 0 Å². The Hall–Kier alpha value is -2.60. The van der Waals surface area contributed by atoms with Crippen LogP contribution >= 0.6 is 7.26 Å². The molecule has 0 atom stereocenters. The van der Waals surface area contributed by atoms with Crippen molar-refractivity contribution in [1.29, 1.82) is 0 Å². The van der Waals surface area contributed by atoms with Gasteiger partial charge in [-0.25, -0.2) is 0 Å². The molecule has 4 aromatic rings. The maximum Gasteiger partial charge on any atom is 0.116 e. The van der Waals surface area contributed by atoms with E-state index in [0.29, 0.717) is 5.75 Å². The van der Waals surface area contributed by atoms with Crippen molar-refractivity contribution in [2.24, 2.45) is 0 Å². The third-order valence-corrected chi connectivity index (χ3v) is 9.30. The molecule has 0 aliphatic carbocycles. The Morgan fingerprint density at radius 3 is 1.36 bits per heavy atom. The van der Waals surface area contributed by atoms with Gasteiger partial charge < -0.3 is 17.5 Å². The molecule has 0 saturated heterocycles. The Kier molecular flexibility index (Phi) is 6.52. The number of phenolic OH excluding ortho intramolecular Hbond substituents is 1. The summed E-state index contributed by atoms with van der Waals surface area (Å²) >= 11 is 0. The molecule has 4 rings (SSSR count). The molecule has 0 heterocycles. The summed E-state index contributed by atoms with van der Waals surface area (Å²) in [5.41, 5.74) is 1.15. The molecule has 0 spiro atoms. The maximum atomic E-state index is 10.0. The predicted octanol–water partition coefficient (Wildman–Crippen LogP) is 1.89. The maximum absolute atomic E-state index is 10.0. The van der Waals surface area contributed by atoms with E-state index in [4.69, 9.17) is 0 Å². The molecule has 0 aliphatic rings. The van der Waals surface area contributed by atoms with Crippen LogP contribution in [0.4, 0.5) is 0 Å². The van der Waals surface area contributed by atoms with Crippen LogP contribution in [-0.2, 0) is 6.16 Å². The topological polar surface area (TPSA) is 20.2 Å². The zero-order valence-electron chi connectivity index (χ0n) is 15.4. The molecule has 0 amide bonds. The van der Waals surface area contributed by atoms with Crippen LogP contribution in [0.15, 0.2) is 115 Å². The Balaban J connectivity index is 0.00000225. The van der Waals surface area contributed by atoms with Crippen molar-refractivity contribution in [3.05, 3.63) is 121 Å². The second-order valence-electron chi connectivity index (χ2n) is 6.64. The number of hydrogen-bond acceptors (Lipinski definition) is 1. The van der Waals surface area contributed by atoms with Crippen LogP contribution in [0.25, 0.3) is 0 Å². The quantitative estimate of drug-likeness (QED) is 0.504. The van der Waals surface area contributed by atoms with Crippen molar-refractivity contribution in [3.8, 4) is 5.75 Å². The number of benzene rings is 4. The molecule has 0 fully saturated rings. The minimum Gasteiger partial charge on any atom is -1.00 e. The summed E-state index contributed by atoms with van der Waals surface area (Å²) in [5, 5.41) is 14.1. The number of rotatable bonds is 5. The molecule has 0 aliphatic heterocycles. The summed E-state index contributed by atoms with van der Waals surface area (Å²) in [5.74, 6) is 0.319. The van der Waals surface area contributed by atoms with E-state index in [9.17, 15) is 5.11 Å². The number of phenols is 1. The van der Waals surface area contributed by atoms with Crippen molar-refractivity contribution < 1.29 is 17.5 Å². The Morgan fingerprint density at radius 2 is 0.964 bits per heavy atom. The number of hydrogen-bond donors (Lipinski definition) is 1. The van der Waals surface area contributed by atoms with Crippen molar-refractivity contribution >= 4 is 23.2 Å². The van der Waals surface area contributed by atoms with Crippen LogP contribution in [0, 0.1) is 0 Å². The Labute approximate surface area is 173 Å². The van der Waals surface area contributed by atoms with E-state index in [1.165, 1.54) is 15.9 Å². The summed E-state index contributed by atoms with van der Waals surface area (Å²) in [6, 6.07) is 40.1. The van der Waals surface area contributed by atoms with Gasteiger partial charge in [-0.1, -0.05) is 66.7 Å². The standard InChI is InChI=1S/C25H21OP.ClH/c26-22-12-10-11-21(19-22)20-27(23-13-4-1-5-14-23,24-15-6-2-7-16-24)25-17-8-3-9-18-25;/h1-19H,20H2;1H. The zero-order chi connectivity index (χ0) is 18.5. The van der Waals surface area contributed by atoms with Gasteiger partial charge in [0.1, 0.15) is 28.9 Å². The summed E-state index contributed by atoms with van der Waals surface area (Å²) < 4.78 is 0. The fourth-order valence-electron chi connectivity index (χ4n) is 3.70. The van der Waals surface area contributed by atoms with Gasteiger partial charge in [-0.05, 0) is 54.1 Å². The second kappa shape index (κ2) is 9.06. The van der Waals surface area contributed by atoms with Crippen LogP contribution in [0.5, 0.6) is 5.75 Å². The highest BCUT2D eigenvalue weighted by Crippen LogP contribution is 2.58. The van der Waals surface area contributed by atoms with E-state index in [-0.39, 0.29) is 12.4 Å². The van der Waals surface area contributed by atoms with Gasteiger partial charge in [0.2, 0.25) is 0 Å². The smallest absolute Gasteiger partial charge is 0.116 e. The summed E-state index contributed by atoms with van der Waals surface area (Å²) in [6.07, 6.45) is 0.874. The molecule has 0 aromatic heterocycles. The molecule has 1 N–H and O–H groups in total. The highest BCUT2D eigenvalue weighted by molar-refractivity contribution is 7.95. The highest BCUT2D eigenvalue weighted by Gasteiger charge is 2.45. The van der Waals surface area contributed by atoms with Gasteiger partial charge in [-0.2, -0.15) is 0 Å². The van der Waals surface area contributed by atoms with Gasteiger partial charge in [0.25, 0.3) is 0 Å². The van der Waals surface area contributed by atoms with E-state index in [0.717, 1.165) is 11.7 Å². The average molecular weight is 405 g/mol. The molecule has 0 unspecified atom stereocenters. The van der Waals surface area contributed by atoms with Gasteiger partial charge in [0.05, 0.1) is 6.16 Å². The van der Waals surface area contributed by atoms with Gasteiger partial charge in [0.15, 0.2) is 0 Å². The lowest BCUT2D eigenvalue weighted by atomic mass is 10.2. The van der Waals surface area contributed by atoms with E-state index < -0.39 is 7.26 Å². The zero-order valence-corrected chi connectivity index (χ0v) is 17.1. The largest absolute Gasteiger partial charge is 1.00 e. The summed E-state index contributed by atoms with van der Waals surface area (Å²) in [6.45, 7) is 0. The minimum atomic E-state index is -1.91. The molecule has 0 radical (unpaired) electrons. The Bertz CT molecular complexity index is 907. The van der Waals surface area contributed by atoms with E-state index in [1.807, 2.05) is 12.1 Å². The van der Waals surface area contributed by atoms with Gasteiger partial charge >= 0.3 is 0 Å².